The molecule has 0 aromatic carbocycles. The third kappa shape index (κ3) is 5.30. The van der Waals surface area contributed by atoms with Gasteiger partial charge in [0, 0.05) is 5.92 Å². The van der Waals surface area contributed by atoms with Crippen LogP contribution in [0.1, 0.15) is 34.1 Å². The molecular weight excluding hydrogens is 150 g/mol. The van der Waals surface area contributed by atoms with E-state index in [0.29, 0.717) is 11.7 Å². The number of nitrogens with one attached hydrogen (secondary N) is 1. The van der Waals surface area contributed by atoms with Crippen molar-refractivity contribution < 1.29 is 4.79 Å². The molecule has 12 heavy (non-hydrogen) atoms. The Labute approximate surface area is 75.7 Å². The summed E-state index contributed by atoms with van der Waals surface area (Å²) in [7, 11) is 0. The quantitative estimate of drug-likeness (QED) is 0.660. The van der Waals surface area contributed by atoms with Crippen LogP contribution in [0.5, 0.6) is 0 Å². The van der Waals surface area contributed by atoms with Gasteiger partial charge in [0.2, 0.25) is 0 Å². The monoisotopic (exact) mass is 171 g/mol. The zero-order valence-corrected chi connectivity index (χ0v) is 8.68. The molecule has 0 bridgehead atoms. The van der Waals surface area contributed by atoms with E-state index < -0.39 is 0 Å². The fraction of sp³-hybridized carbons (Fsp3) is 0.900. The molecule has 72 valence electrons. The Balaban J connectivity index is 3.53. The predicted octanol–water partition coefficient (Wildman–Crippen LogP) is 1.85. The molecule has 0 aromatic rings. The number of hydrogen-bond acceptors (Lipinski definition) is 2. The van der Waals surface area contributed by atoms with Gasteiger partial charge in [0.05, 0.1) is 0 Å². The van der Waals surface area contributed by atoms with Gasteiger partial charge in [0.25, 0.3) is 0 Å². The molecule has 0 fully saturated rings. The summed E-state index contributed by atoms with van der Waals surface area (Å²) in [5, 5.41) is 3.28. The van der Waals surface area contributed by atoms with Gasteiger partial charge in [-0.2, -0.15) is 0 Å². The molecule has 0 heterocycles. The van der Waals surface area contributed by atoms with Crippen LogP contribution in [0, 0.1) is 11.8 Å². The molecule has 0 saturated carbocycles. The first-order valence-corrected chi connectivity index (χ1v) is 4.79. The van der Waals surface area contributed by atoms with Gasteiger partial charge < -0.3 is 5.32 Å². The second-order valence-electron chi connectivity index (χ2n) is 3.66. The topological polar surface area (TPSA) is 29.1 Å². The molecule has 0 radical (unpaired) electrons. The highest BCUT2D eigenvalue weighted by Crippen LogP contribution is 2.11. The number of carbonyl (C=O) groups is 1. The summed E-state index contributed by atoms with van der Waals surface area (Å²) in [6.45, 7) is 9.99. The van der Waals surface area contributed by atoms with Crippen LogP contribution in [-0.2, 0) is 4.79 Å². The Hall–Kier alpha value is -0.370. The van der Waals surface area contributed by atoms with E-state index in [4.69, 9.17) is 0 Å². The molecule has 0 aliphatic heterocycles. The number of ketones is 1. The van der Waals surface area contributed by atoms with Crippen LogP contribution in [0.4, 0.5) is 0 Å². The maximum absolute atomic E-state index is 10.9. The second-order valence-corrected chi connectivity index (χ2v) is 3.66. The standard InChI is InChI=1S/C10H21NO/c1-5-11-7-8(2)6-9(3)10(4)12/h8-9,11H,5-7H2,1-4H3. The lowest BCUT2D eigenvalue weighted by molar-refractivity contribution is -0.120. The minimum atomic E-state index is 0.221. The molecule has 0 rings (SSSR count). The summed E-state index contributed by atoms with van der Waals surface area (Å²) in [6, 6.07) is 0. The van der Waals surface area contributed by atoms with E-state index in [1.54, 1.807) is 6.92 Å². The number of Topliss-reactive ketones (excluding diaryl/α,β-unsaturated/α-hetero) is 1. The third-order valence-electron chi connectivity index (χ3n) is 2.19. The molecule has 2 atom stereocenters. The summed E-state index contributed by atoms with van der Waals surface area (Å²) in [5.41, 5.74) is 0. The zero-order valence-electron chi connectivity index (χ0n) is 8.68. The van der Waals surface area contributed by atoms with Gasteiger partial charge in [-0.1, -0.05) is 20.8 Å². The maximum atomic E-state index is 10.9. The minimum absolute atomic E-state index is 0.221. The van der Waals surface area contributed by atoms with Crippen molar-refractivity contribution in [2.24, 2.45) is 11.8 Å². The SMILES string of the molecule is CCNCC(C)CC(C)C(C)=O. The molecule has 0 aliphatic rings. The molecule has 2 nitrogen and oxygen atoms in total. The van der Waals surface area contributed by atoms with Gasteiger partial charge in [0.15, 0.2) is 0 Å². The van der Waals surface area contributed by atoms with Crippen LogP contribution in [-0.4, -0.2) is 18.9 Å². The van der Waals surface area contributed by atoms with Gasteiger partial charge in [-0.3, -0.25) is 4.79 Å². The van der Waals surface area contributed by atoms with Gasteiger partial charge in [-0.25, -0.2) is 0 Å². The zero-order chi connectivity index (χ0) is 9.56. The lowest BCUT2D eigenvalue weighted by Crippen LogP contribution is -2.23. The van der Waals surface area contributed by atoms with Crippen molar-refractivity contribution in [3.05, 3.63) is 0 Å². The molecule has 1 N–H and O–H groups in total. The average Bonchev–Trinajstić information content (AvgIpc) is 2.00. The maximum Gasteiger partial charge on any atom is 0.132 e. The van der Waals surface area contributed by atoms with Crippen LogP contribution >= 0.6 is 0 Å². The minimum Gasteiger partial charge on any atom is -0.317 e. The average molecular weight is 171 g/mol. The summed E-state index contributed by atoms with van der Waals surface area (Å²) >= 11 is 0. The Bertz CT molecular complexity index is 134. The first-order chi connectivity index (χ1) is 5.57. The van der Waals surface area contributed by atoms with Crippen molar-refractivity contribution in [1.29, 1.82) is 0 Å². The predicted molar refractivity (Wildman–Crippen MR) is 52.2 cm³/mol. The van der Waals surface area contributed by atoms with Crippen molar-refractivity contribution >= 4 is 5.78 Å². The summed E-state index contributed by atoms with van der Waals surface area (Å²) in [6.07, 6.45) is 1.00. The van der Waals surface area contributed by atoms with E-state index >= 15 is 0 Å². The fourth-order valence-corrected chi connectivity index (χ4v) is 1.24. The molecule has 0 saturated heterocycles. The first-order valence-electron chi connectivity index (χ1n) is 4.79. The van der Waals surface area contributed by atoms with Crippen LogP contribution in [0.2, 0.25) is 0 Å². The number of rotatable bonds is 6. The van der Waals surface area contributed by atoms with Gasteiger partial charge in [0.1, 0.15) is 5.78 Å². The smallest absolute Gasteiger partial charge is 0.132 e. The Morgan fingerprint density at radius 3 is 2.42 bits per heavy atom. The van der Waals surface area contributed by atoms with E-state index in [2.05, 4.69) is 19.2 Å². The first kappa shape index (κ1) is 11.6. The van der Waals surface area contributed by atoms with Crippen LogP contribution in [0.25, 0.3) is 0 Å². The summed E-state index contributed by atoms with van der Waals surface area (Å²) < 4.78 is 0. The van der Waals surface area contributed by atoms with E-state index in [0.717, 1.165) is 19.5 Å². The molecule has 2 heteroatoms. The fourth-order valence-electron chi connectivity index (χ4n) is 1.24. The van der Waals surface area contributed by atoms with Crippen molar-refractivity contribution in [3.8, 4) is 0 Å². The van der Waals surface area contributed by atoms with E-state index in [-0.39, 0.29) is 5.92 Å². The lowest BCUT2D eigenvalue weighted by atomic mass is 9.94. The normalized spacial score (nSPS) is 15.7. The molecule has 0 aromatic heterocycles. The summed E-state index contributed by atoms with van der Waals surface area (Å²) in [5.74, 6) is 1.13. The van der Waals surface area contributed by atoms with E-state index in [9.17, 15) is 4.79 Å². The number of hydrogen-bond donors (Lipinski definition) is 1. The van der Waals surface area contributed by atoms with Crippen molar-refractivity contribution in [2.45, 2.75) is 34.1 Å². The molecule has 0 spiro atoms. The Morgan fingerprint density at radius 1 is 1.42 bits per heavy atom. The van der Waals surface area contributed by atoms with Crippen molar-refractivity contribution in [2.75, 3.05) is 13.1 Å². The lowest BCUT2D eigenvalue weighted by Gasteiger charge is -2.14. The highest BCUT2D eigenvalue weighted by molar-refractivity contribution is 5.77. The van der Waals surface area contributed by atoms with E-state index in [1.165, 1.54) is 0 Å². The summed E-state index contributed by atoms with van der Waals surface area (Å²) in [4.78, 5) is 10.9. The molecular formula is C10H21NO. The van der Waals surface area contributed by atoms with Gasteiger partial charge in [-0.05, 0) is 32.4 Å². The van der Waals surface area contributed by atoms with Crippen LogP contribution in [0.3, 0.4) is 0 Å². The van der Waals surface area contributed by atoms with Gasteiger partial charge in [-0.15, -0.1) is 0 Å². The van der Waals surface area contributed by atoms with Crippen LogP contribution < -0.4 is 5.32 Å². The van der Waals surface area contributed by atoms with Crippen LogP contribution in [0.15, 0.2) is 0 Å². The van der Waals surface area contributed by atoms with Crippen molar-refractivity contribution in [1.82, 2.24) is 5.32 Å². The molecule has 0 aliphatic carbocycles. The molecule has 2 unspecified atom stereocenters. The highest BCUT2D eigenvalue weighted by Gasteiger charge is 2.11. The largest absolute Gasteiger partial charge is 0.317 e. The Morgan fingerprint density at radius 2 is 2.00 bits per heavy atom. The van der Waals surface area contributed by atoms with Crippen molar-refractivity contribution in [3.63, 3.8) is 0 Å². The third-order valence-corrected chi connectivity index (χ3v) is 2.19. The highest BCUT2D eigenvalue weighted by atomic mass is 16.1. The van der Waals surface area contributed by atoms with E-state index in [1.807, 2.05) is 6.92 Å². The number of carbonyl (C=O) groups excluding carboxylic acids is 1. The second kappa shape index (κ2) is 6.18. The Kier molecular flexibility index (Phi) is 5.99. The van der Waals surface area contributed by atoms with Gasteiger partial charge >= 0.3 is 0 Å². The molecule has 0 amide bonds.